The number of hydrogen-bond acceptors (Lipinski definition) is 3. The molecule has 0 unspecified atom stereocenters. The fourth-order valence-electron chi connectivity index (χ4n) is 0.894. The molecule has 0 fully saturated rings. The number of rotatable bonds is 5. The number of ketones is 1. The molecule has 0 aliphatic carbocycles. The summed E-state index contributed by atoms with van der Waals surface area (Å²) in [4.78, 5) is 21.9. The van der Waals surface area contributed by atoms with Crippen molar-refractivity contribution >= 4 is 24.3 Å². The van der Waals surface area contributed by atoms with E-state index >= 15 is 0 Å². The molecule has 0 aromatic rings. The van der Waals surface area contributed by atoms with Crippen LogP contribution < -0.4 is 5.32 Å². The molecule has 0 aromatic carbocycles. The van der Waals surface area contributed by atoms with Gasteiger partial charge < -0.3 is 5.32 Å². The first-order valence-electron chi connectivity index (χ1n) is 4.02. The maximum atomic E-state index is 11.2. The van der Waals surface area contributed by atoms with Crippen LogP contribution in [0.15, 0.2) is 0 Å². The molecule has 0 rings (SSSR count). The Labute approximate surface area is 78.3 Å². The minimum absolute atomic E-state index is 0.0581. The normalized spacial score (nSPS) is 12.2. The van der Waals surface area contributed by atoms with Gasteiger partial charge in [0.1, 0.15) is 0 Å². The van der Waals surface area contributed by atoms with Gasteiger partial charge in [0, 0.05) is 19.1 Å². The van der Waals surface area contributed by atoms with Gasteiger partial charge in [-0.25, -0.2) is 0 Å². The summed E-state index contributed by atoms with van der Waals surface area (Å²) in [5.74, 6) is 0.250. The molecule has 0 aliphatic rings. The van der Waals surface area contributed by atoms with Gasteiger partial charge in [0.15, 0.2) is 5.78 Å². The Balaban J connectivity index is 3.96. The largest absolute Gasteiger partial charge is 0.346 e. The average molecular weight is 189 g/mol. The minimum Gasteiger partial charge on any atom is -0.346 e. The fourth-order valence-corrected chi connectivity index (χ4v) is 1.19. The van der Waals surface area contributed by atoms with Crippen LogP contribution in [-0.4, -0.2) is 23.5 Å². The van der Waals surface area contributed by atoms with Gasteiger partial charge in [0.05, 0.1) is 6.04 Å². The smallest absolute Gasteiger partial charge is 0.217 e. The van der Waals surface area contributed by atoms with E-state index in [-0.39, 0.29) is 11.7 Å². The van der Waals surface area contributed by atoms with E-state index in [0.29, 0.717) is 12.2 Å². The van der Waals surface area contributed by atoms with E-state index in [4.69, 9.17) is 0 Å². The molecule has 1 atom stereocenters. The second-order valence-corrected chi connectivity index (χ2v) is 3.02. The van der Waals surface area contributed by atoms with E-state index in [9.17, 15) is 9.59 Å². The third-order valence-corrected chi connectivity index (χ3v) is 1.81. The summed E-state index contributed by atoms with van der Waals surface area (Å²) in [5, 5.41) is 2.55. The second kappa shape index (κ2) is 6.06. The van der Waals surface area contributed by atoms with Gasteiger partial charge in [-0.15, -0.1) is 0 Å². The summed E-state index contributed by atoms with van der Waals surface area (Å²) in [6.07, 6.45) is 1.31. The van der Waals surface area contributed by atoms with Crippen molar-refractivity contribution in [3.8, 4) is 0 Å². The van der Waals surface area contributed by atoms with Crippen LogP contribution in [0.3, 0.4) is 0 Å². The third kappa shape index (κ3) is 4.38. The molecule has 0 bridgehead atoms. The molecule has 1 N–H and O–H groups in total. The molecule has 0 saturated heterocycles. The van der Waals surface area contributed by atoms with E-state index in [1.807, 2.05) is 6.92 Å². The van der Waals surface area contributed by atoms with Crippen LogP contribution in [0, 0.1) is 0 Å². The summed E-state index contributed by atoms with van der Waals surface area (Å²) >= 11 is 3.99. The van der Waals surface area contributed by atoms with Crippen molar-refractivity contribution in [3.05, 3.63) is 0 Å². The number of carbonyl (C=O) groups excluding carboxylic acids is 2. The summed E-state index contributed by atoms with van der Waals surface area (Å²) in [5.41, 5.74) is 0. The van der Waals surface area contributed by atoms with Crippen molar-refractivity contribution in [1.82, 2.24) is 5.32 Å². The van der Waals surface area contributed by atoms with E-state index in [1.54, 1.807) is 0 Å². The van der Waals surface area contributed by atoms with Gasteiger partial charge in [0.2, 0.25) is 5.91 Å². The lowest BCUT2D eigenvalue weighted by molar-refractivity contribution is -0.126. The van der Waals surface area contributed by atoms with Crippen molar-refractivity contribution < 1.29 is 9.59 Å². The summed E-state index contributed by atoms with van der Waals surface area (Å²) in [6, 6.07) is -0.411. The van der Waals surface area contributed by atoms with Gasteiger partial charge >= 0.3 is 0 Å². The number of carbonyl (C=O) groups is 2. The van der Waals surface area contributed by atoms with Crippen LogP contribution in [0.5, 0.6) is 0 Å². The van der Waals surface area contributed by atoms with Gasteiger partial charge in [-0.3, -0.25) is 9.59 Å². The Morgan fingerprint density at radius 3 is 2.42 bits per heavy atom. The number of hydrogen-bond donors (Lipinski definition) is 2. The predicted octanol–water partition coefficient (Wildman–Crippen LogP) is 0.790. The van der Waals surface area contributed by atoms with Crippen molar-refractivity contribution in [1.29, 1.82) is 0 Å². The summed E-state index contributed by atoms with van der Waals surface area (Å²) < 4.78 is 0. The maximum Gasteiger partial charge on any atom is 0.217 e. The van der Waals surface area contributed by atoms with Crippen LogP contribution in [0.2, 0.25) is 0 Å². The summed E-state index contributed by atoms with van der Waals surface area (Å²) in [6.45, 7) is 3.33. The molecule has 3 nitrogen and oxygen atoms in total. The van der Waals surface area contributed by atoms with Crippen LogP contribution >= 0.6 is 12.6 Å². The molecule has 0 radical (unpaired) electrons. The van der Waals surface area contributed by atoms with Crippen LogP contribution in [-0.2, 0) is 9.59 Å². The minimum atomic E-state index is -0.411. The van der Waals surface area contributed by atoms with Crippen molar-refractivity contribution in [2.24, 2.45) is 0 Å². The maximum absolute atomic E-state index is 11.2. The highest BCUT2D eigenvalue weighted by Gasteiger charge is 2.15. The zero-order chi connectivity index (χ0) is 9.56. The second-order valence-electron chi connectivity index (χ2n) is 2.65. The Bertz CT molecular complexity index is 170. The quantitative estimate of drug-likeness (QED) is 0.628. The Morgan fingerprint density at radius 2 is 2.08 bits per heavy atom. The topological polar surface area (TPSA) is 46.2 Å². The van der Waals surface area contributed by atoms with Gasteiger partial charge in [-0.2, -0.15) is 12.6 Å². The fraction of sp³-hybridized carbons (Fsp3) is 0.750. The monoisotopic (exact) mass is 189 g/mol. The molecule has 1 amide bonds. The first-order valence-corrected chi connectivity index (χ1v) is 4.65. The molecule has 0 spiro atoms. The van der Waals surface area contributed by atoms with Crippen molar-refractivity contribution in [2.75, 3.05) is 5.75 Å². The standard InChI is InChI=1S/C8H15NO2S/c1-3-4-8(11)7(5-12)9-6(2)10/h7,12H,3-5H2,1-2H3,(H,9,10)/t7-/m0/s1. The van der Waals surface area contributed by atoms with E-state index in [2.05, 4.69) is 17.9 Å². The van der Waals surface area contributed by atoms with Crippen molar-refractivity contribution in [3.63, 3.8) is 0 Å². The van der Waals surface area contributed by atoms with Gasteiger partial charge in [0.25, 0.3) is 0 Å². The summed E-state index contributed by atoms with van der Waals surface area (Å²) in [7, 11) is 0. The molecule has 0 saturated carbocycles. The van der Waals surface area contributed by atoms with Gasteiger partial charge in [-0.05, 0) is 6.42 Å². The van der Waals surface area contributed by atoms with Crippen LogP contribution in [0.4, 0.5) is 0 Å². The Kier molecular flexibility index (Phi) is 5.80. The average Bonchev–Trinajstić information content (AvgIpc) is 2.00. The van der Waals surface area contributed by atoms with E-state index in [0.717, 1.165) is 6.42 Å². The molecule has 12 heavy (non-hydrogen) atoms. The number of thiol groups is 1. The highest BCUT2D eigenvalue weighted by atomic mass is 32.1. The first-order chi connectivity index (χ1) is 5.61. The molecule has 4 heteroatoms. The lowest BCUT2D eigenvalue weighted by Crippen LogP contribution is -2.40. The SMILES string of the molecule is CCCC(=O)[C@H](CS)NC(C)=O. The highest BCUT2D eigenvalue weighted by molar-refractivity contribution is 7.80. The third-order valence-electron chi connectivity index (χ3n) is 1.45. The van der Waals surface area contributed by atoms with E-state index < -0.39 is 6.04 Å². The molecular formula is C8H15NO2S. The number of nitrogens with one attached hydrogen (secondary N) is 1. The van der Waals surface area contributed by atoms with E-state index in [1.165, 1.54) is 6.92 Å². The van der Waals surface area contributed by atoms with Crippen LogP contribution in [0.25, 0.3) is 0 Å². The van der Waals surface area contributed by atoms with Crippen molar-refractivity contribution in [2.45, 2.75) is 32.7 Å². The number of Topliss-reactive ketones (excluding diaryl/α,β-unsaturated/α-hetero) is 1. The lowest BCUT2D eigenvalue weighted by Gasteiger charge is -2.12. The lowest BCUT2D eigenvalue weighted by atomic mass is 10.1. The molecular weight excluding hydrogens is 174 g/mol. The Hall–Kier alpha value is -0.510. The van der Waals surface area contributed by atoms with Gasteiger partial charge in [-0.1, -0.05) is 6.92 Å². The first kappa shape index (κ1) is 11.5. The predicted molar refractivity (Wildman–Crippen MR) is 51.4 cm³/mol. The molecule has 0 heterocycles. The highest BCUT2D eigenvalue weighted by Crippen LogP contribution is 1.97. The van der Waals surface area contributed by atoms with Crippen LogP contribution in [0.1, 0.15) is 26.7 Å². The number of amides is 1. The Morgan fingerprint density at radius 1 is 1.50 bits per heavy atom. The molecule has 70 valence electrons. The zero-order valence-corrected chi connectivity index (χ0v) is 8.36. The molecule has 0 aromatic heterocycles. The zero-order valence-electron chi connectivity index (χ0n) is 7.46. The molecule has 0 aliphatic heterocycles.